The molecule has 0 saturated carbocycles. The number of nitrogens with zero attached hydrogens (tertiary/aromatic N) is 2. The number of ether oxygens (including phenoxy) is 1. The number of nitrogen functional groups attached to an aromatic ring is 1. The van der Waals surface area contributed by atoms with Crippen molar-refractivity contribution in [2.24, 2.45) is 0 Å². The predicted octanol–water partition coefficient (Wildman–Crippen LogP) is 1.44. The molecule has 1 aromatic heterocycles. The van der Waals surface area contributed by atoms with Gasteiger partial charge in [-0.2, -0.15) is 0 Å². The first-order valence-electron chi connectivity index (χ1n) is 5.60. The summed E-state index contributed by atoms with van der Waals surface area (Å²) in [5.74, 6) is 1.65. The lowest BCUT2D eigenvalue weighted by Crippen LogP contribution is -2.05. The minimum Gasteiger partial charge on any atom is -0.486 e. The standard InChI is InChI=1S/C13H15N3O2/c1-9-5-12(14)16-13(15-9)8-18-11-4-2-3-10(6-11)7-17/h2-6,17H,7-8H2,1H3,(H2,14,15,16). The summed E-state index contributed by atoms with van der Waals surface area (Å²) in [5, 5.41) is 9.02. The van der Waals surface area contributed by atoms with Crippen molar-refractivity contribution >= 4 is 5.82 Å². The maximum atomic E-state index is 9.02. The number of nitrogens with two attached hydrogens (primary N) is 1. The maximum Gasteiger partial charge on any atom is 0.168 e. The summed E-state index contributed by atoms with van der Waals surface area (Å²) in [7, 11) is 0. The summed E-state index contributed by atoms with van der Waals surface area (Å²) in [6.45, 7) is 2.10. The van der Waals surface area contributed by atoms with Crippen molar-refractivity contribution in [3.05, 3.63) is 47.4 Å². The Kier molecular flexibility index (Phi) is 3.74. The van der Waals surface area contributed by atoms with E-state index >= 15 is 0 Å². The number of anilines is 1. The molecule has 5 heteroatoms. The quantitative estimate of drug-likeness (QED) is 0.851. The SMILES string of the molecule is Cc1cc(N)nc(COc2cccc(CO)c2)n1. The second kappa shape index (κ2) is 5.46. The van der Waals surface area contributed by atoms with E-state index in [0.29, 0.717) is 17.4 Å². The lowest BCUT2D eigenvalue weighted by Gasteiger charge is -2.07. The molecule has 1 heterocycles. The fraction of sp³-hybridized carbons (Fsp3) is 0.231. The van der Waals surface area contributed by atoms with Crippen LogP contribution in [0.15, 0.2) is 30.3 Å². The normalized spacial score (nSPS) is 10.3. The third-order valence-electron chi connectivity index (χ3n) is 2.37. The molecular formula is C13H15N3O2. The van der Waals surface area contributed by atoms with Crippen LogP contribution in [-0.4, -0.2) is 15.1 Å². The van der Waals surface area contributed by atoms with Crippen molar-refractivity contribution in [1.82, 2.24) is 9.97 Å². The van der Waals surface area contributed by atoms with Gasteiger partial charge < -0.3 is 15.6 Å². The van der Waals surface area contributed by atoms with Crippen molar-refractivity contribution in [2.45, 2.75) is 20.1 Å². The molecule has 5 nitrogen and oxygen atoms in total. The first-order valence-corrected chi connectivity index (χ1v) is 5.60. The molecule has 1 aromatic carbocycles. The van der Waals surface area contributed by atoms with Crippen molar-refractivity contribution < 1.29 is 9.84 Å². The predicted molar refractivity (Wildman–Crippen MR) is 67.9 cm³/mol. The zero-order chi connectivity index (χ0) is 13.0. The van der Waals surface area contributed by atoms with Crippen molar-refractivity contribution in [1.29, 1.82) is 0 Å². The van der Waals surface area contributed by atoms with Crippen molar-refractivity contribution in [2.75, 3.05) is 5.73 Å². The van der Waals surface area contributed by atoms with Gasteiger partial charge in [0, 0.05) is 11.8 Å². The fourth-order valence-electron chi connectivity index (χ4n) is 1.60. The Morgan fingerprint density at radius 2 is 2.11 bits per heavy atom. The number of hydrogen-bond donors (Lipinski definition) is 2. The summed E-state index contributed by atoms with van der Waals surface area (Å²) in [6.07, 6.45) is 0. The zero-order valence-electron chi connectivity index (χ0n) is 10.1. The van der Waals surface area contributed by atoms with E-state index in [9.17, 15) is 0 Å². The van der Waals surface area contributed by atoms with E-state index < -0.39 is 0 Å². The molecule has 0 aliphatic heterocycles. The third kappa shape index (κ3) is 3.18. The van der Waals surface area contributed by atoms with Gasteiger partial charge in [-0.25, -0.2) is 9.97 Å². The molecule has 0 radical (unpaired) electrons. The van der Waals surface area contributed by atoms with E-state index in [1.54, 1.807) is 12.1 Å². The highest BCUT2D eigenvalue weighted by atomic mass is 16.5. The molecule has 0 spiro atoms. The molecule has 18 heavy (non-hydrogen) atoms. The topological polar surface area (TPSA) is 81.3 Å². The molecule has 2 rings (SSSR count). The van der Waals surface area contributed by atoms with Crippen LogP contribution in [0.25, 0.3) is 0 Å². The van der Waals surface area contributed by atoms with Crippen LogP contribution < -0.4 is 10.5 Å². The smallest absolute Gasteiger partial charge is 0.168 e. The summed E-state index contributed by atoms with van der Waals surface area (Å²) in [6, 6.07) is 8.95. The Labute approximate surface area is 105 Å². The van der Waals surface area contributed by atoms with Gasteiger partial charge in [-0.3, -0.25) is 0 Å². The molecule has 0 bridgehead atoms. The van der Waals surface area contributed by atoms with Crippen LogP contribution in [0.5, 0.6) is 5.75 Å². The average Bonchev–Trinajstić information content (AvgIpc) is 2.35. The minimum absolute atomic E-state index is 0.00884. The third-order valence-corrected chi connectivity index (χ3v) is 2.37. The molecule has 0 atom stereocenters. The van der Waals surface area contributed by atoms with E-state index in [1.165, 1.54) is 0 Å². The number of benzene rings is 1. The van der Waals surface area contributed by atoms with Gasteiger partial charge in [0.05, 0.1) is 6.61 Å². The molecule has 94 valence electrons. The highest BCUT2D eigenvalue weighted by Gasteiger charge is 2.02. The van der Waals surface area contributed by atoms with E-state index in [4.69, 9.17) is 15.6 Å². The van der Waals surface area contributed by atoms with Crippen LogP contribution in [0.4, 0.5) is 5.82 Å². The van der Waals surface area contributed by atoms with Crippen LogP contribution in [0.2, 0.25) is 0 Å². The largest absolute Gasteiger partial charge is 0.486 e. The molecule has 0 aliphatic carbocycles. The summed E-state index contributed by atoms with van der Waals surface area (Å²) < 4.78 is 5.55. The lowest BCUT2D eigenvalue weighted by molar-refractivity contribution is 0.276. The van der Waals surface area contributed by atoms with Gasteiger partial charge in [-0.1, -0.05) is 12.1 Å². The number of aryl methyl sites for hydroxylation is 1. The van der Waals surface area contributed by atoms with E-state index in [1.807, 2.05) is 25.1 Å². The van der Waals surface area contributed by atoms with Crippen LogP contribution in [0, 0.1) is 6.92 Å². The molecule has 0 saturated heterocycles. The summed E-state index contributed by atoms with van der Waals surface area (Å²) >= 11 is 0. The average molecular weight is 245 g/mol. The molecular weight excluding hydrogens is 230 g/mol. The second-order valence-corrected chi connectivity index (χ2v) is 3.94. The van der Waals surface area contributed by atoms with Gasteiger partial charge >= 0.3 is 0 Å². The molecule has 0 fully saturated rings. The van der Waals surface area contributed by atoms with E-state index in [-0.39, 0.29) is 13.2 Å². The Morgan fingerprint density at radius 3 is 2.83 bits per heavy atom. The molecule has 2 aromatic rings. The van der Waals surface area contributed by atoms with Gasteiger partial charge in [0.1, 0.15) is 18.2 Å². The monoisotopic (exact) mass is 245 g/mol. The van der Waals surface area contributed by atoms with Gasteiger partial charge in [0.15, 0.2) is 5.82 Å². The molecule has 0 unspecified atom stereocenters. The first kappa shape index (κ1) is 12.3. The van der Waals surface area contributed by atoms with E-state index in [0.717, 1.165) is 11.3 Å². The van der Waals surface area contributed by atoms with Crippen LogP contribution in [-0.2, 0) is 13.2 Å². The highest BCUT2D eigenvalue weighted by Crippen LogP contribution is 2.14. The Morgan fingerprint density at radius 1 is 1.28 bits per heavy atom. The van der Waals surface area contributed by atoms with Crippen LogP contribution in [0.3, 0.4) is 0 Å². The second-order valence-electron chi connectivity index (χ2n) is 3.94. The van der Waals surface area contributed by atoms with Gasteiger partial charge in [0.2, 0.25) is 0 Å². The maximum absolute atomic E-state index is 9.02. The van der Waals surface area contributed by atoms with Crippen molar-refractivity contribution in [3.63, 3.8) is 0 Å². The van der Waals surface area contributed by atoms with Crippen LogP contribution >= 0.6 is 0 Å². The summed E-state index contributed by atoms with van der Waals surface area (Å²) in [5.41, 5.74) is 7.25. The van der Waals surface area contributed by atoms with Gasteiger partial charge in [0.25, 0.3) is 0 Å². The van der Waals surface area contributed by atoms with Crippen LogP contribution in [0.1, 0.15) is 17.1 Å². The Hall–Kier alpha value is -2.14. The number of aliphatic hydroxyl groups excluding tert-OH is 1. The number of hydrogen-bond acceptors (Lipinski definition) is 5. The van der Waals surface area contributed by atoms with Gasteiger partial charge in [-0.15, -0.1) is 0 Å². The molecule has 0 amide bonds. The van der Waals surface area contributed by atoms with E-state index in [2.05, 4.69) is 9.97 Å². The minimum atomic E-state index is -0.00884. The molecule has 0 aliphatic rings. The number of aliphatic hydroxyl groups is 1. The lowest BCUT2D eigenvalue weighted by atomic mass is 10.2. The number of aromatic nitrogens is 2. The summed E-state index contributed by atoms with van der Waals surface area (Å²) in [4.78, 5) is 8.31. The highest BCUT2D eigenvalue weighted by molar-refractivity contribution is 5.30. The Balaban J connectivity index is 2.06. The molecule has 3 N–H and O–H groups in total. The fourth-order valence-corrected chi connectivity index (χ4v) is 1.60. The van der Waals surface area contributed by atoms with Gasteiger partial charge in [-0.05, 0) is 24.6 Å². The Bertz CT molecular complexity index is 523. The number of rotatable bonds is 4. The zero-order valence-corrected chi connectivity index (χ0v) is 10.1. The van der Waals surface area contributed by atoms with Crippen molar-refractivity contribution in [3.8, 4) is 5.75 Å². The first-order chi connectivity index (χ1) is 8.67.